The average Bonchev–Trinajstić information content (AvgIpc) is 2.73. The minimum absolute atomic E-state index is 0.181. The summed E-state index contributed by atoms with van der Waals surface area (Å²) in [4.78, 5) is 24.5. The summed E-state index contributed by atoms with van der Waals surface area (Å²) in [6.45, 7) is 5.24. The molecular formula is C23H26N4O2S. The zero-order valence-corrected chi connectivity index (χ0v) is 18.0. The van der Waals surface area contributed by atoms with Crippen molar-refractivity contribution in [1.82, 2.24) is 14.9 Å². The second-order valence-corrected chi connectivity index (χ2v) is 9.21. The number of carbonyl (C=O) groups excluding carboxylic acids is 1. The van der Waals surface area contributed by atoms with Gasteiger partial charge in [-0.1, -0.05) is 29.8 Å². The molecule has 2 aliphatic heterocycles. The van der Waals surface area contributed by atoms with Gasteiger partial charge in [-0.3, -0.25) is 4.90 Å². The molecule has 6 nitrogen and oxygen atoms in total. The number of fused-ring (bicyclic) bond motifs is 4. The minimum Gasteiger partial charge on any atom is -0.463 e. The third-order valence-corrected chi connectivity index (χ3v) is 7.22. The molecule has 1 aromatic carbocycles. The molecule has 2 atom stereocenters. The summed E-state index contributed by atoms with van der Waals surface area (Å²) in [5.41, 5.74) is 3.71. The van der Waals surface area contributed by atoms with Crippen LogP contribution in [-0.4, -0.2) is 40.5 Å². The molecule has 2 unspecified atom stereocenters. The molecule has 3 heterocycles. The van der Waals surface area contributed by atoms with Crippen molar-refractivity contribution in [1.29, 1.82) is 0 Å². The van der Waals surface area contributed by atoms with Crippen molar-refractivity contribution in [2.24, 2.45) is 11.8 Å². The second kappa shape index (κ2) is 8.40. The molecule has 1 N–H and O–H groups in total. The number of aromatic nitrogens is 2. The molecule has 0 amide bonds. The number of nitrogens with zero attached hydrogens (tertiary/aromatic N) is 3. The number of benzene rings is 1. The van der Waals surface area contributed by atoms with E-state index in [1.165, 1.54) is 22.5 Å². The number of likely N-dealkylation sites (tertiary alicyclic amines) is 1. The normalized spacial score (nSPS) is 22.5. The average molecular weight is 423 g/mol. The Morgan fingerprint density at radius 1 is 1.27 bits per heavy atom. The summed E-state index contributed by atoms with van der Waals surface area (Å²) in [5.74, 6) is 1.58. The molecule has 2 fully saturated rings. The van der Waals surface area contributed by atoms with Gasteiger partial charge >= 0.3 is 5.97 Å². The van der Waals surface area contributed by atoms with Crippen molar-refractivity contribution >= 4 is 29.2 Å². The lowest BCUT2D eigenvalue weighted by Gasteiger charge is -2.43. The summed E-state index contributed by atoms with van der Waals surface area (Å²) < 4.78 is 5.16. The van der Waals surface area contributed by atoms with Gasteiger partial charge in [0.1, 0.15) is 5.03 Å². The molecule has 7 heteroatoms. The molecule has 5 rings (SSSR count). The number of carbonyl (C=O) groups is 1. The molecule has 0 spiro atoms. The molecule has 3 aliphatic rings. The van der Waals surface area contributed by atoms with Gasteiger partial charge in [0.05, 0.1) is 12.3 Å². The van der Waals surface area contributed by atoms with Crippen molar-refractivity contribution in [3.63, 3.8) is 0 Å². The maximum Gasteiger partial charge on any atom is 0.330 e. The molecule has 1 saturated heterocycles. The number of rotatable bonds is 4. The van der Waals surface area contributed by atoms with Crippen LogP contribution in [0, 0.1) is 11.8 Å². The van der Waals surface area contributed by atoms with Crippen LogP contribution in [0.1, 0.15) is 31.7 Å². The van der Waals surface area contributed by atoms with Gasteiger partial charge in [-0.2, -0.15) is 0 Å². The van der Waals surface area contributed by atoms with E-state index in [1.54, 1.807) is 30.2 Å². The summed E-state index contributed by atoms with van der Waals surface area (Å²) in [7, 11) is 0. The lowest BCUT2D eigenvalue weighted by Crippen LogP contribution is -2.44. The van der Waals surface area contributed by atoms with E-state index in [0.29, 0.717) is 18.4 Å². The van der Waals surface area contributed by atoms with E-state index in [2.05, 4.69) is 38.4 Å². The van der Waals surface area contributed by atoms with E-state index in [9.17, 15) is 4.79 Å². The number of hydrogen-bond acceptors (Lipinski definition) is 7. The van der Waals surface area contributed by atoms with Crippen LogP contribution in [0.3, 0.4) is 0 Å². The molecular weight excluding hydrogens is 396 g/mol. The number of nitrogens with one attached hydrogen (secondary N) is 1. The van der Waals surface area contributed by atoms with E-state index in [4.69, 9.17) is 4.74 Å². The van der Waals surface area contributed by atoms with E-state index in [0.717, 1.165) is 49.0 Å². The van der Waals surface area contributed by atoms with Crippen LogP contribution in [0.15, 0.2) is 52.2 Å². The zero-order chi connectivity index (χ0) is 20.5. The van der Waals surface area contributed by atoms with Gasteiger partial charge in [0.2, 0.25) is 0 Å². The largest absolute Gasteiger partial charge is 0.463 e. The van der Waals surface area contributed by atoms with Crippen LogP contribution in [0.4, 0.5) is 11.5 Å². The maximum atomic E-state index is 12.0. The SMILES string of the molecule is CCOC(=O)C=C1C2CCCC1CN(Cc1ccc3c(c1)Nc1nccnc1S3)C2. The van der Waals surface area contributed by atoms with Crippen molar-refractivity contribution in [3.8, 4) is 0 Å². The predicted molar refractivity (Wildman–Crippen MR) is 117 cm³/mol. The maximum absolute atomic E-state index is 12.0. The number of ether oxygens (including phenoxy) is 1. The number of anilines is 2. The molecule has 1 aromatic heterocycles. The Morgan fingerprint density at radius 3 is 2.87 bits per heavy atom. The van der Waals surface area contributed by atoms with Gasteiger partial charge in [-0.15, -0.1) is 0 Å². The predicted octanol–water partition coefficient (Wildman–Crippen LogP) is 4.41. The topological polar surface area (TPSA) is 67.3 Å². The van der Waals surface area contributed by atoms with Crippen molar-refractivity contribution in [2.45, 2.75) is 42.7 Å². The lowest BCUT2D eigenvalue weighted by atomic mass is 9.73. The number of piperidine rings is 1. The van der Waals surface area contributed by atoms with E-state index >= 15 is 0 Å². The van der Waals surface area contributed by atoms with Crippen molar-refractivity contribution < 1.29 is 9.53 Å². The van der Waals surface area contributed by atoms with Gasteiger partial charge < -0.3 is 10.1 Å². The Balaban J connectivity index is 1.29. The van der Waals surface area contributed by atoms with Crippen LogP contribution < -0.4 is 5.32 Å². The molecule has 1 saturated carbocycles. The van der Waals surface area contributed by atoms with Crippen LogP contribution in [0.25, 0.3) is 0 Å². The van der Waals surface area contributed by atoms with Gasteiger partial charge in [-0.05, 0) is 49.3 Å². The lowest BCUT2D eigenvalue weighted by molar-refractivity contribution is -0.137. The third-order valence-electron chi connectivity index (χ3n) is 6.15. The first kappa shape index (κ1) is 19.6. The molecule has 30 heavy (non-hydrogen) atoms. The van der Waals surface area contributed by atoms with E-state index < -0.39 is 0 Å². The van der Waals surface area contributed by atoms with E-state index in [1.807, 2.05) is 6.92 Å². The second-order valence-electron chi connectivity index (χ2n) is 8.18. The fourth-order valence-corrected chi connectivity index (χ4v) is 5.77. The molecule has 1 aliphatic carbocycles. The highest BCUT2D eigenvalue weighted by molar-refractivity contribution is 7.99. The van der Waals surface area contributed by atoms with Gasteiger partial charge in [-0.25, -0.2) is 14.8 Å². The summed E-state index contributed by atoms with van der Waals surface area (Å²) in [5, 5.41) is 4.34. The van der Waals surface area contributed by atoms with Gasteiger partial charge in [0, 0.05) is 43.0 Å². The molecule has 0 radical (unpaired) electrons. The Labute approximate surface area is 181 Å². The van der Waals surface area contributed by atoms with Crippen LogP contribution in [0.5, 0.6) is 0 Å². The van der Waals surface area contributed by atoms with Gasteiger partial charge in [0.15, 0.2) is 5.82 Å². The monoisotopic (exact) mass is 422 g/mol. The zero-order valence-electron chi connectivity index (χ0n) is 17.1. The standard InChI is InChI=1S/C23H26N4O2S/c1-2-29-21(28)11-18-16-4-3-5-17(18)14-27(13-16)12-15-6-7-20-19(10-15)26-22-23(30-20)25-9-8-24-22/h6-11,16-17H,2-5,12-14H2,1H3,(H,24,26). The first-order valence-corrected chi connectivity index (χ1v) is 11.5. The molecule has 2 aromatic rings. The van der Waals surface area contributed by atoms with Crippen LogP contribution in [-0.2, 0) is 16.1 Å². The Bertz CT molecular complexity index is 977. The molecule has 156 valence electrons. The highest BCUT2D eigenvalue weighted by atomic mass is 32.2. The molecule has 2 bridgehead atoms. The highest BCUT2D eigenvalue weighted by Crippen LogP contribution is 2.43. The van der Waals surface area contributed by atoms with Crippen molar-refractivity contribution in [3.05, 3.63) is 47.8 Å². The Morgan fingerprint density at radius 2 is 2.07 bits per heavy atom. The highest BCUT2D eigenvalue weighted by Gasteiger charge is 2.35. The van der Waals surface area contributed by atoms with Crippen molar-refractivity contribution in [2.75, 3.05) is 25.0 Å². The quantitative estimate of drug-likeness (QED) is 0.493. The number of hydrogen-bond donors (Lipinski definition) is 1. The van der Waals surface area contributed by atoms with E-state index in [-0.39, 0.29) is 5.97 Å². The fourth-order valence-electron chi connectivity index (χ4n) is 4.89. The summed E-state index contributed by atoms with van der Waals surface area (Å²) in [6.07, 6.45) is 8.81. The minimum atomic E-state index is -0.181. The number of esters is 1. The third kappa shape index (κ3) is 3.96. The first-order chi connectivity index (χ1) is 14.7. The van der Waals surface area contributed by atoms with Crippen LogP contribution in [0.2, 0.25) is 0 Å². The summed E-state index contributed by atoms with van der Waals surface area (Å²) >= 11 is 1.66. The first-order valence-electron chi connectivity index (χ1n) is 10.7. The summed E-state index contributed by atoms with van der Waals surface area (Å²) in [6, 6.07) is 6.63. The Hall–Kier alpha value is -2.38. The Kier molecular flexibility index (Phi) is 5.48. The smallest absolute Gasteiger partial charge is 0.330 e. The fraction of sp³-hybridized carbons (Fsp3) is 0.435. The van der Waals surface area contributed by atoms with Gasteiger partial charge in [0.25, 0.3) is 0 Å². The van der Waals surface area contributed by atoms with Crippen LogP contribution >= 0.6 is 11.8 Å².